The van der Waals surface area contributed by atoms with Gasteiger partial charge in [-0.1, -0.05) is 12.1 Å². The summed E-state index contributed by atoms with van der Waals surface area (Å²) >= 11 is 0. The zero-order valence-corrected chi connectivity index (χ0v) is 16.4. The van der Waals surface area contributed by atoms with Gasteiger partial charge in [0.2, 0.25) is 10.0 Å². The number of hydrogen-bond acceptors (Lipinski definition) is 5. The van der Waals surface area contributed by atoms with E-state index in [9.17, 15) is 13.2 Å². The van der Waals surface area contributed by atoms with Crippen LogP contribution in [0.1, 0.15) is 22.8 Å². The summed E-state index contributed by atoms with van der Waals surface area (Å²) in [7, 11) is -0.527. The summed E-state index contributed by atoms with van der Waals surface area (Å²) in [5, 5.41) is 2.74. The predicted octanol–water partition coefficient (Wildman–Crippen LogP) is 2.40. The number of nitrogens with one attached hydrogen (secondary N) is 2. The third kappa shape index (κ3) is 6.14. The van der Waals surface area contributed by atoms with E-state index in [-0.39, 0.29) is 23.5 Å². The molecule has 0 aromatic heterocycles. The molecule has 8 heteroatoms. The summed E-state index contributed by atoms with van der Waals surface area (Å²) in [6.45, 7) is 2.47. The van der Waals surface area contributed by atoms with Crippen molar-refractivity contribution in [1.29, 1.82) is 0 Å². The Balaban J connectivity index is 2.03. The van der Waals surface area contributed by atoms with Crippen LogP contribution in [0.3, 0.4) is 0 Å². The Hall–Kier alpha value is -2.26. The number of hydrogen-bond donors (Lipinski definition) is 2. The van der Waals surface area contributed by atoms with Crippen molar-refractivity contribution in [1.82, 2.24) is 4.72 Å². The van der Waals surface area contributed by atoms with Crippen LogP contribution in [0.25, 0.3) is 0 Å². The van der Waals surface area contributed by atoms with Gasteiger partial charge in [0.15, 0.2) is 0 Å². The lowest BCUT2D eigenvalue weighted by Gasteiger charge is -2.13. The Morgan fingerprint density at radius 3 is 2.19 bits per heavy atom. The highest BCUT2D eigenvalue weighted by molar-refractivity contribution is 7.89. The van der Waals surface area contributed by atoms with Crippen LogP contribution in [0.5, 0.6) is 0 Å². The van der Waals surface area contributed by atoms with Crippen LogP contribution in [0.15, 0.2) is 53.4 Å². The summed E-state index contributed by atoms with van der Waals surface area (Å²) in [4.78, 5) is 12.4. The van der Waals surface area contributed by atoms with Gasteiger partial charge in [0.05, 0.1) is 18.1 Å². The molecule has 27 heavy (non-hydrogen) atoms. The molecule has 146 valence electrons. The van der Waals surface area contributed by atoms with Gasteiger partial charge in [-0.05, 0) is 48.9 Å². The zero-order valence-electron chi connectivity index (χ0n) is 15.6. The molecule has 0 spiro atoms. The van der Waals surface area contributed by atoms with Crippen molar-refractivity contribution >= 4 is 21.6 Å². The lowest BCUT2D eigenvalue weighted by molar-refractivity contribution is 0.102. The van der Waals surface area contributed by atoms with Gasteiger partial charge in [0.1, 0.15) is 0 Å². The molecule has 0 bridgehead atoms. The first-order chi connectivity index (χ1) is 12.9. The minimum Gasteiger partial charge on any atom is -0.383 e. The first-order valence-electron chi connectivity index (χ1n) is 8.36. The lowest BCUT2D eigenvalue weighted by Crippen LogP contribution is -2.35. The molecule has 0 fully saturated rings. The highest BCUT2D eigenvalue weighted by Gasteiger charge is 2.17. The summed E-state index contributed by atoms with van der Waals surface area (Å²) in [6.07, 6.45) is 0. The molecule has 0 aliphatic carbocycles. The van der Waals surface area contributed by atoms with E-state index in [2.05, 4.69) is 10.0 Å². The van der Waals surface area contributed by atoms with Crippen molar-refractivity contribution in [2.24, 2.45) is 0 Å². The fraction of sp³-hybridized carbons (Fsp3) is 0.316. The van der Waals surface area contributed by atoms with E-state index in [0.29, 0.717) is 17.9 Å². The number of ether oxygens (including phenoxy) is 2. The molecule has 1 amide bonds. The van der Waals surface area contributed by atoms with Crippen molar-refractivity contribution in [2.45, 2.75) is 24.5 Å². The van der Waals surface area contributed by atoms with E-state index in [1.165, 1.54) is 19.2 Å². The van der Waals surface area contributed by atoms with Crippen molar-refractivity contribution < 1.29 is 22.7 Å². The maximum Gasteiger partial charge on any atom is 0.255 e. The SMILES string of the molecule is COCc1ccc(C(=O)Nc2ccc(S(=O)(=O)N[C@@H](C)COC)cc2)cc1. The molecule has 1 atom stereocenters. The quantitative estimate of drug-likeness (QED) is 0.683. The van der Waals surface area contributed by atoms with Crippen molar-refractivity contribution in [3.05, 3.63) is 59.7 Å². The van der Waals surface area contributed by atoms with E-state index in [1.807, 2.05) is 12.1 Å². The standard InChI is InChI=1S/C19H24N2O5S/c1-14(12-25-2)21-27(23,24)18-10-8-17(9-11-18)20-19(22)16-6-4-15(5-7-16)13-26-3/h4-11,14,21H,12-13H2,1-3H3,(H,20,22)/t14-/m0/s1. The normalized spacial score (nSPS) is 12.6. The number of amides is 1. The highest BCUT2D eigenvalue weighted by atomic mass is 32.2. The van der Waals surface area contributed by atoms with Crippen LogP contribution >= 0.6 is 0 Å². The van der Waals surface area contributed by atoms with Gasteiger partial charge in [-0.15, -0.1) is 0 Å². The van der Waals surface area contributed by atoms with Crippen LogP contribution < -0.4 is 10.0 Å². The number of carbonyl (C=O) groups excluding carboxylic acids is 1. The Kier molecular flexibility index (Phi) is 7.49. The minimum absolute atomic E-state index is 0.118. The second kappa shape index (κ2) is 9.61. The number of sulfonamides is 1. The maximum atomic E-state index is 12.3. The molecule has 2 N–H and O–H groups in total. The molecule has 0 saturated carbocycles. The van der Waals surface area contributed by atoms with Crippen molar-refractivity contribution in [3.8, 4) is 0 Å². The first kappa shape index (κ1) is 21.0. The fourth-order valence-corrected chi connectivity index (χ4v) is 3.68. The Morgan fingerprint density at radius 2 is 1.63 bits per heavy atom. The van der Waals surface area contributed by atoms with Crippen LogP contribution in [0.2, 0.25) is 0 Å². The zero-order chi connectivity index (χ0) is 19.9. The molecular formula is C19H24N2O5S. The molecule has 2 rings (SSSR count). The minimum atomic E-state index is -3.64. The number of anilines is 1. The van der Waals surface area contributed by atoms with E-state index in [4.69, 9.17) is 9.47 Å². The van der Waals surface area contributed by atoms with Gasteiger partial charge in [-0.2, -0.15) is 0 Å². The summed E-state index contributed by atoms with van der Waals surface area (Å²) in [5.74, 6) is -0.276. The second-order valence-electron chi connectivity index (χ2n) is 6.09. The van der Waals surface area contributed by atoms with E-state index < -0.39 is 10.0 Å². The van der Waals surface area contributed by atoms with Crippen LogP contribution in [0, 0.1) is 0 Å². The molecule has 0 unspecified atom stereocenters. The highest BCUT2D eigenvalue weighted by Crippen LogP contribution is 2.16. The first-order valence-corrected chi connectivity index (χ1v) is 9.84. The van der Waals surface area contributed by atoms with Crippen LogP contribution in [-0.4, -0.2) is 41.2 Å². The molecule has 0 aliphatic rings. The van der Waals surface area contributed by atoms with Crippen molar-refractivity contribution in [3.63, 3.8) is 0 Å². The summed E-state index contributed by atoms with van der Waals surface area (Å²) < 4.78 is 37.1. The van der Waals surface area contributed by atoms with Crippen LogP contribution in [0.4, 0.5) is 5.69 Å². The van der Waals surface area contributed by atoms with Gasteiger partial charge in [0.25, 0.3) is 5.91 Å². The molecule has 2 aromatic rings. The monoisotopic (exact) mass is 392 g/mol. The Morgan fingerprint density at radius 1 is 1.00 bits per heavy atom. The Labute approximate surface area is 159 Å². The topological polar surface area (TPSA) is 93.7 Å². The molecule has 0 heterocycles. The van der Waals surface area contributed by atoms with Gasteiger partial charge < -0.3 is 14.8 Å². The lowest BCUT2D eigenvalue weighted by atomic mass is 10.1. The van der Waals surface area contributed by atoms with Gasteiger partial charge >= 0.3 is 0 Å². The van der Waals surface area contributed by atoms with E-state index in [0.717, 1.165) is 5.56 Å². The predicted molar refractivity (Wildman–Crippen MR) is 103 cm³/mol. The number of rotatable bonds is 9. The number of methoxy groups -OCH3 is 2. The maximum absolute atomic E-state index is 12.3. The summed E-state index contributed by atoms with van der Waals surface area (Å²) in [6, 6.07) is 12.7. The molecule has 0 radical (unpaired) electrons. The van der Waals surface area contributed by atoms with Gasteiger partial charge in [-0.3, -0.25) is 4.79 Å². The van der Waals surface area contributed by atoms with Gasteiger partial charge in [-0.25, -0.2) is 13.1 Å². The van der Waals surface area contributed by atoms with Crippen LogP contribution in [-0.2, 0) is 26.1 Å². The third-order valence-electron chi connectivity index (χ3n) is 3.72. The molecule has 0 saturated heterocycles. The molecule has 2 aromatic carbocycles. The van der Waals surface area contributed by atoms with E-state index in [1.54, 1.807) is 38.3 Å². The fourth-order valence-electron chi connectivity index (χ4n) is 2.46. The second-order valence-corrected chi connectivity index (χ2v) is 7.80. The van der Waals surface area contributed by atoms with Crippen molar-refractivity contribution in [2.75, 3.05) is 26.1 Å². The largest absolute Gasteiger partial charge is 0.383 e. The summed E-state index contributed by atoms with van der Waals surface area (Å²) in [5.41, 5.74) is 1.98. The third-order valence-corrected chi connectivity index (χ3v) is 5.33. The molecule has 7 nitrogen and oxygen atoms in total. The van der Waals surface area contributed by atoms with E-state index >= 15 is 0 Å². The van der Waals surface area contributed by atoms with Gasteiger partial charge in [0, 0.05) is 31.5 Å². The smallest absolute Gasteiger partial charge is 0.255 e. The Bertz CT molecular complexity index is 849. The molecular weight excluding hydrogens is 368 g/mol. The average Bonchev–Trinajstić information content (AvgIpc) is 2.63. The average molecular weight is 392 g/mol. The number of benzene rings is 2. The number of carbonyl (C=O) groups is 1. The molecule has 0 aliphatic heterocycles.